The monoisotopic (exact) mass is 508 g/mol. The maximum atomic E-state index is 14.2. The van der Waals surface area contributed by atoms with E-state index in [1.807, 2.05) is 22.6 Å². The van der Waals surface area contributed by atoms with Crippen LogP contribution in [-0.2, 0) is 4.74 Å². The van der Waals surface area contributed by atoms with Gasteiger partial charge in [-0.1, -0.05) is 0 Å². The molecule has 3 rings (SSSR count). The number of aromatic nitrogens is 3. The first-order valence-electron chi connectivity index (χ1n) is 8.63. The Morgan fingerprint density at radius 1 is 1.21 bits per heavy atom. The third-order valence-corrected chi connectivity index (χ3v) is 4.43. The van der Waals surface area contributed by atoms with Crippen molar-refractivity contribution in [2.24, 2.45) is 0 Å². The average molecular weight is 508 g/mol. The number of pyridine rings is 1. The van der Waals surface area contributed by atoms with Crippen molar-refractivity contribution in [3.63, 3.8) is 0 Å². The van der Waals surface area contributed by atoms with Crippen LogP contribution in [0.4, 0.5) is 14.9 Å². The molecule has 2 heterocycles. The molecule has 2 aromatic heterocycles. The first-order valence-corrected chi connectivity index (χ1v) is 9.71. The molecule has 1 aromatic carbocycles. The maximum absolute atomic E-state index is 14.2. The van der Waals surface area contributed by atoms with Crippen LogP contribution in [0.15, 0.2) is 53.7 Å². The summed E-state index contributed by atoms with van der Waals surface area (Å²) in [5.41, 5.74) is -0.117. The van der Waals surface area contributed by atoms with Crippen LogP contribution >= 0.6 is 22.6 Å². The van der Waals surface area contributed by atoms with E-state index in [2.05, 4.69) is 15.3 Å². The Morgan fingerprint density at radius 3 is 2.55 bits per heavy atom. The molecular formula is C20H18FIN4O3. The van der Waals surface area contributed by atoms with Crippen LogP contribution in [0.5, 0.6) is 0 Å². The van der Waals surface area contributed by atoms with Crippen molar-refractivity contribution >= 4 is 34.4 Å². The minimum Gasteiger partial charge on any atom is -0.444 e. The van der Waals surface area contributed by atoms with Crippen molar-refractivity contribution in [2.45, 2.75) is 26.4 Å². The molecule has 0 saturated heterocycles. The summed E-state index contributed by atoms with van der Waals surface area (Å²) in [5, 5.41) is 2.38. The van der Waals surface area contributed by atoms with Gasteiger partial charge in [0.05, 0.1) is 14.9 Å². The van der Waals surface area contributed by atoms with Crippen molar-refractivity contribution in [3.8, 4) is 17.1 Å². The zero-order valence-corrected chi connectivity index (χ0v) is 18.1. The lowest BCUT2D eigenvalue weighted by atomic mass is 10.2. The number of nitrogens with zero attached hydrogens (tertiary/aromatic N) is 3. The van der Waals surface area contributed by atoms with Gasteiger partial charge in [0.25, 0.3) is 5.56 Å². The molecule has 0 aliphatic heterocycles. The fourth-order valence-electron chi connectivity index (χ4n) is 2.48. The molecule has 1 amide bonds. The van der Waals surface area contributed by atoms with Gasteiger partial charge in [0, 0.05) is 24.2 Å². The van der Waals surface area contributed by atoms with Crippen molar-refractivity contribution in [1.82, 2.24) is 14.5 Å². The van der Waals surface area contributed by atoms with E-state index in [1.54, 1.807) is 51.5 Å². The first kappa shape index (κ1) is 20.9. The minimum atomic E-state index is -0.790. The maximum Gasteiger partial charge on any atom is 0.412 e. The number of hydrogen-bond donors (Lipinski definition) is 1. The lowest BCUT2D eigenvalue weighted by molar-refractivity contribution is 0.0635. The van der Waals surface area contributed by atoms with Crippen LogP contribution in [0.2, 0.25) is 0 Å². The Bertz CT molecular complexity index is 1110. The summed E-state index contributed by atoms with van der Waals surface area (Å²) in [5.74, 6) is -0.196. The summed E-state index contributed by atoms with van der Waals surface area (Å²) in [7, 11) is 0. The molecule has 0 aliphatic rings. The molecule has 0 aliphatic carbocycles. The highest BCUT2D eigenvalue weighted by Gasteiger charge is 2.18. The average Bonchev–Trinajstić information content (AvgIpc) is 2.65. The molecule has 0 radical (unpaired) electrons. The number of carbonyl (C=O) groups is 1. The van der Waals surface area contributed by atoms with Crippen LogP contribution in [0, 0.1) is 9.39 Å². The Hall–Kier alpha value is -2.82. The second-order valence-electron chi connectivity index (χ2n) is 7.12. The molecule has 7 nitrogen and oxygen atoms in total. The molecule has 0 saturated carbocycles. The molecule has 9 heteroatoms. The van der Waals surface area contributed by atoms with Crippen molar-refractivity contribution in [2.75, 3.05) is 5.32 Å². The van der Waals surface area contributed by atoms with Crippen LogP contribution in [0.3, 0.4) is 0 Å². The lowest BCUT2D eigenvalue weighted by Crippen LogP contribution is -2.27. The summed E-state index contributed by atoms with van der Waals surface area (Å²) in [6, 6.07) is 7.36. The minimum absolute atomic E-state index is 0.0972. The van der Waals surface area contributed by atoms with Gasteiger partial charge in [-0.15, -0.1) is 0 Å². The van der Waals surface area contributed by atoms with Crippen molar-refractivity contribution in [1.29, 1.82) is 0 Å². The molecule has 0 bridgehead atoms. The quantitative estimate of drug-likeness (QED) is 0.531. The Morgan fingerprint density at radius 2 is 1.90 bits per heavy atom. The van der Waals surface area contributed by atoms with Gasteiger partial charge in [-0.25, -0.2) is 19.2 Å². The molecule has 150 valence electrons. The number of ether oxygens (including phenoxy) is 1. The number of carbonyl (C=O) groups excluding carboxylic acids is 1. The second-order valence-corrected chi connectivity index (χ2v) is 8.28. The fourth-order valence-corrected chi connectivity index (χ4v) is 3.08. The molecule has 29 heavy (non-hydrogen) atoms. The molecule has 0 unspecified atom stereocenters. The van der Waals surface area contributed by atoms with Gasteiger partial charge < -0.3 is 4.74 Å². The lowest BCUT2D eigenvalue weighted by Gasteiger charge is -2.20. The predicted octanol–water partition coefficient (Wildman–Crippen LogP) is 4.39. The Labute approximate surface area is 180 Å². The van der Waals surface area contributed by atoms with E-state index in [-0.39, 0.29) is 11.2 Å². The fraction of sp³-hybridized carbons (Fsp3) is 0.200. The smallest absolute Gasteiger partial charge is 0.412 e. The summed E-state index contributed by atoms with van der Waals surface area (Å²) in [6.07, 6.45) is 3.99. The highest BCUT2D eigenvalue weighted by atomic mass is 127. The molecule has 0 spiro atoms. The second kappa shape index (κ2) is 8.27. The Kier molecular flexibility index (Phi) is 5.96. The van der Waals surface area contributed by atoms with E-state index in [0.29, 0.717) is 20.6 Å². The standard InChI is InChI=1S/C20H18FIN4O3/c1-20(2,3)29-19(28)25-16-10-13(5-6-14(16)21)26-11-12(9-15(22)18(26)27)17-23-7-4-8-24-17/h4-11H,1-3H3,(H,25,28). The van der Waals surface area contributed by atoms with Gasteiger partial charge in [-0.2, -0.15) is 0 Å². The van der Waals surface area contributed by atoms with E-state index in [9.17, 15) is 14.0 Å². The number of halogens is 2. The van der Waals surface area contributed by atoms with Crippen LogP contribution in [-0.4, -0.2) is 26.2 Å². The van der Waals surface area contributed by atoms with Gasteiger partial charge in [0.1, 0.15) is 11.4 Å². The number of rotatable bonds is 3. The van der Waals surface area contributed by atoms with E-state index < -0.39 is 17.5 Å². The number of benzene rings is 1. The summed E-state index contributed by atoms with van der Waals surface area (Å²) < 4.78 is 21.2. The van der Waals surface area contributed by atoms with Gasteiger partial charge in [0.2, 0.25) is 0 Å². The summed E-state index contributed by atoms with van der Waals surface area (Å²) in [4.78, 5) is 33.1. The number of amides is 1. The van der Waals surface area contributed by atoms with Gasteiger partial charge >= 0.3 is 6.09 Å². The largest absolute Gasteiger partial charge is 0.444 e. The first-order chi connectivity index (χ1) is 13.6. The SMILES string of the molecule is CC(C)(C)OC(=O)Nc1cc(-n2cc(-c3ncccn3)cc(I)c2=O)ccc1F. The van der Waals surface area contributed by atoms with Crippen LogP contribution < -0.4 is 10.9 Å². The van der Waals surface area contributed by atoms with E-state index in [4.69, 9.17) is 4.74 Å². The number of nitrogens with one attached hydrogen (secondary N) is 1. The van der Waals surface area contributed by atoms with Crippen LogP contribution in [0.1, 0.15) is 20.8 Å². The normalized spacial score (nSPS) is 11.2. The highest BCUT2D eigenvalue weighted by molar-refractivity contribution is 14.1. The van der Waals surface area contributed by atoms with Crippen molar-refractivity contribution in [3.05, 3.63) is 68.7 Å². The zero-order valence-electron chi connectivity index (χ0n) is 15.9. The van der Waals surface area contributed by atoms with Gasteiger partial charge in [-0.3, -0.25) is 14.7 Å². The summed E-state index contributed by atoms with van der Waals surface area (Å²) in [6.45, 7) is 5.12. The molecule has 0 atom stereocenters. The van der Waals surface area contributed by atoms with Crippen molar-refractivity contribution < 1.29 is 13.9 Å². The number of hydrogen-bond acceptors (Lipinski definition) is 5. The summed E-state index contributed by atoms with van der Waals surface area (Å²) >= 11 is 1.93. The van der Waals surface area contributed by atoms with Gasteiger partial charge in [-0.05, 0) is 73.7 Å². The number of anilines is 1. The third kappa shape index (κ3) is 5.17. The van der Waals surface area contributed by atoms with Gasteiger partial charge in [0.15, 0.2) is 5.82 Å². The molecule has 3 aromatic rings. The van der Waals surface area contributed by atoms with E-state index >= 15 is 0 Å². The van der Waals surface area contributed by atoms with Crippen LogP contribution in [0.25, 0.3) is 17.1 Å². The topological polar surface area (TPSA) is 86.1 Å². The predicted molar refractivity (Wildman–Crippen MR) is 116 cm³/mol. The zero-order chi connectivity index (χ0) is 21.2. The highest BCUT2D eigenvalue weighted by Crippen LogP contribution is 2.22. The van der Waals surface area contributed by atoms with E-state index in [1.165, 1.54) is 22.8 Å². The molecular weight excluding hydrogens is 490 g/mol. The molecule has 1 N–H and O–H groups in total. The third-order valence-electron chi connectivity index (χ3n) is 3.66. The molecule has 0 fully saturated rings. The Balaban J connectivity index is 2.02. The van der Waals surface area contributed by atoms with E-state index in [0.717, 1.165) is 0 Å².